The van der Waals surface area contributed by atoms with Gasteiger partial charge in [-0.15, -0.1) is 6.58 Å². The van der Waals surface area contributed by atoms with Crippen LogP contribution in [0.5, 0.6) is 0 Å². The van der Waals surface area contributed by atoms with Gasteiger partial charge in [-0.1, -0.05) is 41.6 Å². The molecule has 1 saturated heterocycles. The first-order valence-corrected chi connectivity index (χ1v) is 13.6. The largest absolute Gasteiger partial charge is 0.463 e. The molecular formula is C27H29ClN2O10S. The summed E-state index contributed by atoms with van der Waals surface area (Å²) in [5.41, 5.74) is -0.356. The van der Waals surface area contributed by atoms with E-state index in [9.17, 15) is 24.0 Å². The Morgan fingerprint density at radius 1 is 0.976 bits per heavy atom. The zero-order valence-corrected chi connectivity index (χ0v) is 24.3. The van der Waals surface area contributed by atoms with Crippen LogP contribution >= 0.6 is 23.4 Å². The van der Waals surface area contributed by atoms with Gasteiger partial charge in [0.1, 0.15) is 18.4 Å². The van der Waals surface area contributed by atoms with Gasteiger partial charge >= 0.3 is 23.9 Å². The van der Waals surface area contributed by atoms with Crippen LogP contribution in [0.2, 0.25) is 5.02 Å². The van der Waals surface area contributed by atoms with E-state index in [1.54, 1.807) is 30.3 Å². The van der Waals surface area contributed by atoms with Gasteiger partial charge in [0, 0.05) is 39.3 Å². The fourth-order valence-corrected chi connectivity index (χ4v) is 5.33. The number of nitrogens with zero attached hydrogens (tertiary/aromatic N) is 2. The summed E-state index contributed by atoms with van der Waals surface area (Å²) in [6, 6.07) is 6.79. The average molecular weight is 609 g/mol. The van der Waals surface area contributed by atoms with Crippen molar-refractivity contribution in [2.75, 3.05) is 13.2 Å². The van der Waals surface area contributed by atoms with Crippen molar-refractivity contribution in [3.63, 3.8) is 0 Å². The van der Waals surface area contributed by atoms with Crippen LogP contribution in [0.15, 0.2) is 47.6 Å². The van der Waals surface area contributed by atoms with Crippen LogP contribution in [0.4, 0.5) is 0 Å². The summed E-state index contributed by atoms with van der Waals surface area (Å²) in [6.07, 6.45) is -2.00. The Hall–Kier alpha value is -3.68. The van der Waals surface area contributed by atoms with Crippen LogP contribution in [0.1, 0.15) is 33.3 Å². The second-order valence-electron chi connectivity index (χ2n) is 8.87. The van der Waals surface area contributed by atoms with Crippen LogP contribution in [0.3, 0.4) is 0 Å². The van der Waals surface area contributed by atoms with Gasteiger partial charge in [-0.05, 0) is 23.8 Å². The number of halogens is 1. The minimum Gasteiger partial charge on any atom is -0.463 e. The molecule has 1 fully saturated rings. The third-order valence-corrected chi connectivity index (χ3v) is 6.95. The summed E-state index contributed by atoms with van der Waals surface area (Å²) >= 11 is 6.87. The lowest BCUT2D eigenvalue weighted by atomic mass is 9.99. The van der Waals surface area contributed by atoms with Gasteiger partial charge < -0.3 is 23.7 Å². The third-order valence-electron chi connectivity index (χ3n) is 5.57. The molecule has 2 aliphatic rings. The number of hydrogen-bond acceptors (Lipinski definition) is 12. The van der Waals surface area contributed by atoms with Crippen LogP contribution in [-0.4, -0.2) is 82.9 Å². The molecule has 2 aliphatic heterocycles. The Labute approximate surface area is 245 Å². The van der Waals surface area contributed by atoms with Gasteiger partial charge in [0.15, 0.2) is 28.9 Å². The van der Waals surface area contributed by atoms with E-state index in [2.05, 4.69) is 11.6 Å². The highest BCUT2D eigenvalue weighted by Crippen LogP contribution is 2.37. The number of carbonyl (C=O) groups excluding carboxylic acids is 5. The Morgan fingerprint density at radius 2 is 1.56 bits per heavy atom. The van der Waals surface area contributed by atoms with Crippen LogP contribution < -0.4 is 0 Å². The lowest BCUT2D eigenvalue weighted by Crippen LogP contribution is -2.61. The smallest absolute Gasteiger partial charge is 0.303 e. The van der Waals surface area contributed by atoms with E-state index in [1.807, 2.05) is 0 Å². The second-order valence-corrected chi connectivity index (χ2v) is 10.4. The molecule has 3 rings (SSSR count). The molecule has 12 nitrogen and oxygen atoms in total. The van der Waals surface area contributed by atoms with E-state index in [0.29, 0.717) is 10.6 Å². The van der Waals surface area contributed by atoms with Gasteiger partial charge in [0.05, 0.1) is 0 Å². The molecule has 0 radical (unpaired) electrons. The summed E-state index contributed by atoms with van der Waals surface area (Å²) in [4.78, 5) is 66.8. The van der Waals surface area contributed by atoms with Crippen molar-refractivity contribution in [2.24, 2.45) is 4.99 Å². The van der Waals surface area contributed by atoms with Crippen molar-refractivity contribution < 1.29 is 47.7 Å². The maximum Gasteiger partial charge on any atom is 0.303 e. The number of rotatable bonds is 9. The van der Waals surface area contributed by atoms with Crippen molar-refractivity contribution in [3.8, 4) is 0 Å². The number of hydrogen-bond donors (Lipinski definition) is 0. The molecule has 41 heavy (non-hydrogen) atoms. The third kappa shape index (κ3) is 8.65. The molecule has 0 aliphatic carbocycles. The maximum atomic E-state index is 13.2. The van der Waals surface area contributed by atoms with Gasteiger partial charge in [0.25, 0.3) is 5.91 Å². The number of amides is 1. The molecule has 0 N–H and O–H groups in total. The molecule has 1 aromatic carbocycles. The fraction of sp³-hybridized carbons (Fsp3) is 0.407. The molecule has 5 unspecified atom stereocenters. The number of carbonyl (C=O) groups is 5. The van der Waals surface area contributed by atoms with Crippen molar-refractivity contribution in [1.29, 1.82) is 0 Å². The first-order valence-electron chi connectivity index (χ1n) is 12.4. The van der Waals surface area contributed by atoms with Crippen molar-refractivity contribution in [2.45, 2.75) is 57.5 Å². The predicted molar refractivity (Wildman–Crippen MR) is 148 cm³/mol. The molecule has 0 bridgehead atoms. The SMILES string of the molecule is C=CCN1C(=O)/C(=C/c2ccc(Cl)cc2)N=C1SC1OC(COC(C)=O)C(OC(C)=O)C(OC(C)=O)C1OC(C)=O. The lowest BCUT2D eigenvalue weighted by molar-refractivity contribution is -0.237. The Morgan fingerprint density at radius 3 is 2.12 bits per heavy atom. The topological polar surface area (TPSA) is 147 Å². The molecule has 2 heterocycles. The van der Waals surface area contributed by atoms with E-state index in [-0.39, 0.29) is 24.0 Å². The predicted octanol–water partition coefficient (Wildman–Crippen LogP) is 2.88. The number of amidine groups is 1. The summed E-state index contributed by atoms with van der Waals surface area (Å²) < 4.78 is 27.6. The van der Waals surface area contributed by atoms with Gasteiger partial charge in [0.2, 0.25) is 0 Å². The van der Waals surface area contributed by atoms with Gasteiger partial charge in [-0.3, -0.25) is 28.9 Å². The highest BCUT2D eigenvalue weighted by Gasteiger charge is 2.53. The van der Waals surface area contributed by atoms with Crippen molar-refractivity contribution >= 4 is 64.4 Å². The maximum absolute atomic E-state index is 13.2. The zero-order valence-electron chi connectivity index (χ0n) is 22.7. The van der Waals surface area contributed by atoms with Gasteiger partial charge in [-0.25, -0.2) is 4.99 Å². The van der Waals surface area contributed by atoms with Crippen LogP contribution in [0, 0.1) is 0 Å². The lowest BCUT2D eigenvalue weighted by Gasteiger charge is -2.44. The van der Waals surface area contributed by atoms with Crippen LogP contribution in [0.25, 0.3) is 6.08 Å². The van der Waals surface area contributed by atoms with E-state index in [1.165, 1.54) is 17.9 Å². The van der Waals surface area contributed by atoms with E-state index < -0.39 is 59.6 Å². The molecule has 1 amide bonds. The molecule has 0 spiro atoms. The first-order chi connectivity index (χ1) is 19.4. The quantitative estimate of drug-likeness (QED) is 0.176. The van der Waals surface area contributed by atoms with Gasteiger partial charge in [-0.2, -0.15) is 0 Å². The summed E-state index contributed by atoms with van der Waals surface area (Å²) in [5.74, 6) is -3.29. The monoisotopic (exact) mass is 608 g/mol. The normalized spacial score (nSPS) is 24.9. The standard InChI is InChI=1S/C27H29ClN2O10S/c1-6-11-30-25(35)20(12-18-7-9-19(28)10-8-18)29-27(30)41-26-24(39-17(5)34)23(38-16(4)33)22(37-15(3)32)21(40-26)13-36-14(2)31/h6-10,12,21-24,26H,1,11,13H2,2-5H3/b20-12-. The minimum atomic E-state index is -1.35. The second kappa shape index (κ2) is 14.3. The Balaban J connectivity index is 2.04. The molecule has 220 valence electrons. The molecular weight excluding hydrogens is 580 g/mol. The van der Waals surface area contributed by atoms with Crippen molar-refractivity contribution in [3.05, 3.63) is 53.2 Å². The Bertz CT molecular complexity index is 1270. The molecule has 1 aromatic rings. The summed E-state index contributed by atoms with van der Waals surface area (Å²) in [6.45, 7) is 8.01. The number of esters is 4. The number of ether oxygens (including phenoxy) is 5. The Kier molecular flexibility index (Phi) is 11.1. The molecule has 5 atom stereocenters. The summed E-state index contributed by atoms with van der Waals surface area (Å²) in [7, 11) is 0. The minimum absolute atomic E-state index is 0.0912. The molecule has 0 saturated carbocycles. The molecule has 0 aromatic heterocycles. The highest BCUT2D eigenvalue weighted by atomic mass is 35.5. The van der Waals surface area contributed by atoms with Crippen molar-refractivity contribution in [1.82, 2.24) is 4.90 Å². The van der Waals surface area contributed by atoms with E-state index in [4.69, 9.17) is 35.3 Å². The zero-order chi connectivity index (χ0) is 30.3. The van der Waals surface area contributed by atoms with E-state index in [0.717, 1.165) is 32.5 Å². The fourth-order valence-electron chi connectivity index (χ4n) is 4.01. The first kappa shape index (κ1) is 31.8. The molecule has 14 heteroatoms. The number of aliphatic imine (C=N–C) groups is 1. The number of benzene rings is 1. The summed E-state index contributed by atoms with van der Waals surface area (Å²) in [5, 5.41) is 0.706. The number of thioether (sulfide) groups is 1. The highest BCUT2D eigenvalue weighted by molar-refractivity contribution is 8.14. The van der Waals surface area contributed by atoms with Crippen LogP contribution in [-0.2, 0) is 47.7 Å². The van der Waals surface area contributed by atoms with E-state index >= 15 is 0 Å². The average Bonchev–Trinajstić information content (AvgIpc) is 3.16.